The van der Waals surface area contributed by atoms with E-state index in [0.717, 1.165) is 50.4 Å². The van der Waals surface area contributed by atoms with Crippen LogP contribution >= 0.6 is 0 Å². The second-order valence-electron chi connectivity index (χ2n) is 7.01. The maximum Gasteiger partial charge on any atom is 0.126 e. The summed E-state index contributed by atoms with van der Waals surface area (Å²) in [6, 6.07) is 31.1. The van der Waals surface area contributed by atoms with Gasteiger partial charge in [0.1, 0.15) is 5.82 Å². The Kier molecular flexibility index (Phi) is 4.34. The molecule has 2 aromatic heterocycles. The molecule has 0 amide bonds. The van der Waals surface area contributed by atoms with Crippen LogP contribution in [-0.4, -0.2) is 15.0 Å². The summed E-state index contributed by atoms with van der Waals surface area (Å²) in [5, 5.41) is 1.15. The van der Waals surface area contributed by atoms with Gasteiger partial charge in [-0.1, -0.05) is 78.9 Å². The van der Waals surface area contributed by atoms with Crippen molar-refractivity contribution in [1.29, 1.82) is 0 Å². The van der Waals surface area contributed by atoms with Crippen LogP contribution < -0.4 is 0 Å². The van der Waals surface area contributed by atoms with Crippen LogP contribution in [0.3, 0.4) is 0 Å². The van der Waals surface area contributed by atoms with E-state index in [9.17, 15) is 0 Å². The average molecular weight is 373 g/mol. The monoisotopic (exact) mass is 373 g/mol. The van der Waals surface area contributed by atoms with Crippen LogP contribution in [0.4, 0.5) is 0 Å². The van der Waals surface area contributed by atoms with Crippen molar-refractivity contribution in [2.45, 2.75) is 6.92 Å². The fraction of sp³-hybridized carbons (Fsp3) is 0.0385. The van der Waals surface area contributed by atoms with Gasteiger partial charge >= 0.3 is 0 Å². The van der Waals surface area contributed by atoms with E-state index in [4.69, 9.17) is 0 Å². The predicted molar refractivity (Wildman–Crippen MR) is 118 cm³/mol. The van der Waals surface area contributed by atoms with Crippen LogP contribution in [0.15, 0.2) is 97.2 Å². The zero-order valence-electron chi connectivity index (χ0n) is 16.1. The summed E-state index contributed by atoms with van der Waals surface area (Å²) in [5.74, 6) is 0.767. The van der Waals surface area contributed by atoms with Gasteiger partial charge in [0.05, 0.1) is 16.9 Å². The van der Waals surface area contributed by atoms with E-state index < -0.39 is 0 Å². The van der Waals surface area contributed by atoms with Crippen molar-refractivity contribution in [2.75, 3.05) is 0 Å². The molecule has 0 fully saturated rings. The Bertz CT molecular complexity index is 1290. The highest BCUT2D eigenvalue weighted by Gasteiger charge is 2.08. The first-order chi connectivity index (χ1) is 14.3. The molecule has 0 saturated carbocycles. The fourth-order valence-corrected chi connectivity index (χ4v) is 3.63. The van der Waals surface area contributed by atoms with E-state index in [0.29, 0.717) is 0 Å². The SMILES string of the molecule is Cc1nc(-c2ccccc2)cc(-c2ccc(-c3cccc4cccnc34)cc2)n1. The number of aromatic nitrogens is 3. The van der Waals surface area contributed by atoms with E-state index in [2.05, 4.69) is 81.7 Å². The lowest BCUT2D eigenvalue weighted by atomic mass is 9.99. The smallest absolute Gasteiger partial charge is 0.126 e. The van der Waals surface area contributed by atoms with Crippen LogP contribution in [0.1, 0.15) is 5.82 Å². The van der Waals surface area contributed by atoms with E-state index in [1.165, 1.54) is 0 Å². The molecule has 2 heterocycles. The van der Waals surface area contributed by atoms with Gasteiger partial charge in [0, 0.05) is 28.3 Å². The van der Waals surface area contributed by atoms with Crippen molar-refractivity contribution in [3.8, 4) is 33.6 Å². The fourth-order valence-electron chi connectivity index (χ4n) is 3.63. The van der Waals surface area contributed by atoms with Gasteiger partial charge in [-0.25, -0.2) is 9.97 Å². The first-order valence-electron chi connectivity index (χ1n) is 9.63. The summed E-state index contributed by atoms with van der Waals surface area (Å²) in [5.41, 5.74) is 7.34. The minimum atomic E-state index is 0.767. The van der Waals surface area contributed by atoms with Gasteiger partial charge in [0.2, 0.25) is 0 Å². The Balaban J connectivity index is 1.55. The third kappa shape index (κ3) is 3.39. The molecule has 0 aliphatic carbocycles. The highest BCUT2D eigenvalue weighted by atomic mass is 14.9. The zero-order valence-corrected chi connectivity index (χ0v) is 16.1. The normalized spacial score (nSPS) is 10.9. The number of rotatable bonds is 3. The lowest BCUT2D eigenvalue weighted by Gasteiger charge is -2.09. The number of nitrogens with zero attached hydrogens (tertiary/aromatic N) is 3. The van der Waals surface area contributed by atoms with Crippen LogP contribution in [0.2, 0.25) is 0 Å². The van der Waals surface area contributed by atoms with Crippen molar-refractivity contribution in [3.05, 3.63) is 103 Å². The minimum absolute atomic E-state index is 0.767. The Morgan fingerprint density at radius 1 is 0.586 bits per heavy atom. The molecule has 0 radical (unpaired) electrons. The molecule has 0 saturated heterocycles. The van der Waals surface area contributed by atoms with E-state index >= 15 is 0 Å². The first-order valence-corrected chi connectivity index (χ1v) is 9.63. The highest BCUT2D eigenvalue weighted by Crippen LogP contribution is 2.30. The maximum absolute atomic E-state index is 4.66. The molecule has 3 heteroatoms. The molecule has 29 heavy (non-hydrogen) atoms. The lowest BCUT2D eigenvalue weighted by molar-refractivity contribution is 1.06. The van der Waals surface area contributed by atoms with Crippen molar-refractivity contribution >= 4 is 10.9 Å². The highest BCUT2D eigenvalue weighted by molar-refractivity contribution is 5.93. The Labute approximate surface area is 169 Å². The van der Waals surface area contributed by atoms with Crippen molar-refractivity contribution in [1.82, 2.24) is 15.0 Å². The molecule has 0 unspecified atom stereocenters. The van der Waals surface area contributed by atoms with Crippen LogP contribution in [0, 0.1) is 6.92 Å². The van der Waals surface area contributed by atoms with Gasteiger partial charge in [-0.05, 0) is 24.6 Å². The van der Waals surface area contributed by atoms with E-state index in [1.54, 1.807) is 0 Å². The number of para-hydroxylation sites is 1. The number of benzene rings is 3. The number of fused-ring (bicyclic) bond motifs is 1. The molecule has 0 aliphatic rings. The first kappa shape index (κ1) is 17.3. The standard InChI is InChI=1S/C26H19N3/c1-18-28-24(20-7-3-2-4-8-20)17-25(29-18)21-14-12-19(13-15-21)23-11-5-9-22-10-6-16-27-26(22)23/h2-17H,1H3. The molecular weight excluding hydrogens is 354 g/mol. The van der Waals surface area contributed by atoms with Crippen LogP contribution in [0.5, 0.6) is 0 Å². The van der Waals surface area contributed by atoms with Crippen molar-refractivity contribution in [2.24, 2.45) is 0 Å². The van der Waals surface area contributed by atoms with Gasteiger partial charge < -0.3 is 0 Å². The van der Waals surface area contributed by atoms with E-state index in [1.807, 2.05) is 37.4 Å². The molecule has 5 aromatic rings. The average Bonchev–Trinajstić information content (AvgIpc) is 2.79. The number of pyridine rings is 1. The second kappa shape index (κ2) is 7.28. The van der Waals surface area contributed by atoms with Crippen LogP contribution in [0.25, 0.3) is 44.5 Å². The minimum Gasteiger partial charge on any atom is -0.256 e. The molecule has 3 nitrogen and oxygen atoms in total. The Morgan fingerprint density at radius 2 is 1.24 bits per heavy atom. The number of hydrogen-bond acceptors (Lipinski definition) is 3. The van der Waals surface area contributed by atoms with Gasteiger partial charge in [-0.15, -0.1) is 0 Å². The number of aryl methyl sites for hydroxylation is 1. The Hall–Kier alpha value is -3.85. The number of hydrogen-bond donors (Lipinski definition) is 0. The van der Waals surface area contributed by atoms with Gasteiger partial charge in [-0.2, -0.15) is 0 Å². The quantitative estimate of drug-likeness (QED) is 0.371. The van der Waals surface area contributed by atoms with Crippen molar-refractivity contribution < 1.29 is 0 Å². The molecule has 0 spiro atoms. The summed E-state index contributed by atoms with van der Waals surface area (Å²) in [6.45, 7) is 1.94. The molecule has 5 rings (SSSR count). The summed E-state index contributed by atoms with van der Waals surface area (Å²) < 4.78 is 0. The largest absolute Gasteiger partial charge is 0.256 e. The Morgan fingerprint density at radius 3 is 2.00 bits per heavy atom. The molecule has 0 N–H and O–H groups in total. The van der Waals surface area contributed by atoms with Crippen LogP contribution in [-0.2, 0) is 0 Å². The summed E-state index contributed by atoms with van der Waals surface area (Å²) >= 11 is 0. The zero-order chi connectivity index (χ0) is 19.6. The molecule has 138 valence electrons. The second-order valence-corrected chi connectivity index (χ2v) is 7.01. The van der Waals surface area contributed by atoms with E-state index in [-0.39, 0.29) is 0 Å². The predicted octanol–water partition coefficient (Wildman–Crippen LogP) is 6.33. The van der Waals surface area contributed by atoms with Gasteiger partial charge in [0.25, 0.3) is 0 Å². The molecule has 0 atom stereocenters. The lowest BCUT2D eigenvalue weighted by Crippen LogP contribution is -1.94. The third-order valence-electron chi connectivity index (χ3n) is 5.03. The summed E-state index contributed by atoms with van der Waals surface area (Å²) in [6.07, 6.45) is 1.84. The maximum atomic E-state index is 4.66. The molecule has 0 aliphatic heterocycles. The summed E-state index contributed by atoms with van der Waals surface area (Å²) in [4.78, 5) is 13.8. The summed E-state index contributed by atoms with van der Waals surface area (Å²) in [7, 11) is 0. The van der Waals surface area contributed by atoms with Gasteiger partial charge in [0.15, 0.2) is 0 Å². The third-order valence-corrected chi connectivity index (χ3v) is 5.03. The topological polar surface area (TPSA) is 38.7 Å². The van der Waals surface area contributed by atoms with Gasteiger partial charge in [-0.3, -0.25) is 4.98 Å². The molecular formula is C26H19N3. The molecule has 3 aromatic carbocycles. The van der Waals surface area contributed by atoms with Crippen molar-refractivity contribution in [3.63, 3.8) is 0 Å². The molecule has 0 bridgehead atoms.